The smallest absolute Gasteiger partial charge is 0.174 e. The minimum Gasteiger partial charge on any atom is -0.371 e. The number of aromatic amines is 1. The second-order valence-corrected chi connectivity index (χ2v) is 9.03. The first-order valence-electron chi connectivity index (χ1n) is 10.3. The predicted octanol–water partition coefficient (Wildman–Crippen LogP) is 3.34. The Labute approximate surface area is 191 Å². The molecule has 8 heteroatoms. The Balaban J connectivity index is 1.75. The Hall–Kier alpha value is -3.25. The number of thiazole rings is 1. The van der Waals surface area contributed by atoms with E-state index in [-0.39, 0.29) is 0 Å². The molecule has 164 valence electrons. The second-order valence-electron chi connectivity index (χ2n) is 8.13. The summed E-state index contributed by atoms with van der Waals surface area (Å²) in [6.07, 6.45) is 5.36. The van der Waals surface area contributed by atoms with Crippen molar-refractivity contribution in [1.82, 2.24) is 25.1 Å². The highest BCUT2D eigenvalue weighted by molar-refractivity contribution is 7.09. The molecule has 0 bridgehead atoms. The number of hydrogen-bond donors (Lipinski definition) is 2. The van der Waals surface area contributed by atoms with Crippen molar-refractivity contribution in [3.63, 3.8) is 0 Å². The van der Waals surface area contributed by atoms with Crippen molar-refractivity contribution >= 4 is 28.1 Å². The second kappa shape index (κ2) is 9.09. The number of anilines is 1. The monoisotopic (exact) mass is 446 g/mol. The van der Waals surface area contributed by atoms with Crippen molar-refractivity contribution in [1.29, 1.82) is 0 Å². The van der Waals surface area contributed by atoms with Crippen LogP contribution in [0.4, 0.5) is 5.82 Å². The van der Waals surface area contributed by atoms with Gasteiger partial charge in [0.05, 0.1) is 11.7 Å². The Bertz CT molecular complexity index is 1250. The van der Waals surface area contributed by atoms with Crippen molar-refractivity contribution < 1.29 is 5.11 Å². The molecule has 4 rings (SSSR count). The van der Waals surface area contributed by atoms with Gasteiger partial charge in [-0.2, -0.15) is 5.10 Å². The van der Waals surface area contributed by atoms with Gasteiger partial charge >= 0.3 is 0 Å². The molecule has 0 saturated carbocycles. The van der Waals surface area contributed by atoms with Crippen LogP contribution in [0.5, 0.6) is 0 Å². The maximum atomic E-state index is 10.7. The van der Waals surface area contributed by atoms with Crippen LogP contribution in [-0.2, 0) is 5.60 Å². The number of benzene rings is 1. The molecule has 32 heavy (non-hydrogen) atoms. The van der Waals surface area contributed by atoms with Crippen molar-refractivity contribution in [2.75, 3.05) is 39.1 Å². The number of pyridine rings is 1. The normalized spacial score (nSPS) is 13.1. The molecule has 0 aliphatic rings. The average molecular weight is 447 g/mol. The summed E-state index contributed by atoms with van der Waals surface area (Å²) in [5.41, 5.74) is 2.40. The number of H-pyrrole nitrogens is 1. The van der Waals surface area contributed by atoms with Gasteiger partial charge in [-0.05, 0) is 50.8 Å². The van der Waals surface area contributed by atoms with Gasteiger partial charge in [0.25, 0.3) is 0 Å². The number of aliphatic hydroxyl groups is 1. The van der Waals surface area contributed by atoms with E-state index >= 15 is 0 Å². The largest absolute Gasteiger partial charge is 0.371 e. The summed E-state index contributed by atoms with van der Waals surface area (Å²) in [4.78, 5) is 13.4. The van der Waals surface area contributed by atoms with E-state index < -0.39 is 5.60 Å². The Morgan fingerprint density at radius 3 is 2.72 bits per heavy atom. The molecule has 0 aliphatic heterocycles. The number of likely N-dealkylation sites (N-methyl/N-ethyl adjacent to an activating group) is 2. The molecule has 3 heterocycles. The molecule has 7 nitrogen and oxygen atoms in total. The van der Waals surface area contributed by atoms with E-state index in [1.54, 1.807) is 13.1 Å². The van der Waals surface area contributed by atoms with Crippen molar-refractivity contribution in [3.8, 4) is 23.0 Å². The number of hydrogen-bond acceptors (Lipinski definition) is 7. The zero-order valence-electron chi connectivity index (χ0n) is 18.6. The third-order valence-corrected chi connectivity index (χ3v) is 6.16. The van der Waals surface area contributed by atoms with Crippen molar-refractivity contribution in [2.24, 2.45) is 0 Å². The van der Waals surface area contributed by atoms with E-state index in [9.17, 15) is 5.11 Å². The number of nitrogens with one attached hydrogen (secondary N) is 1. The fraction of sp³-hybridized carbons (Fsp3) is 0.292. The molecule has 2 N–H and O–H groups in total. The number of nitrogens with zero attached hydrogens (tertiary/aromatic N) is 5. The zero-order chi connectivity index (χ0) is 22.7. The summed E-state index contributed by atoms with van der Waals surface area (Å²) >= 11 is 1.39. The molecular weight excluding hydrogens is 420 g/mol. The van der Waals surface area contributed by atoms with Gasteiger partial charge in [-0.15, -0.1) is 11.3 Å². The molecule has 4 aromatic rings. The Kier molecular flexibility index (Phi) is 6.24. The topological polar surface area (TPSA) is 81.2 Å². The molecule has 3 aromatic heterocycles. The van der Waals surface area contributed by atoms with Gasteiger partial charge < -0.3 is 14.9 Å². The zero-order valence-corrected chi connectivity index (χ0v) is 19.4. The quantitative estimate of drug-likeness (QED) is 0.442. The molecule has 0 aliphatic carbocycles. The fourth-order valence-corrected chi connectivity index (χ4v) is 3.95. The summed E-state index contributed by atoms with van der Waals surface area (Å²) in [5.74, 6) is 6.97. The highest BCUT2D eigenvalue weighted by Crippen LogP contribution is 2.31. The first-order chi connectivity index (χ1) is 15.3. The predicted molar refractivity (Wildman–Crippen MR) is 130 cm³/mol. The Morgan fingerprint density at radius 2 is 2.03 bits per heavy atom. The van der Waals surface area contributed by atoms with Gasteiger partial charge in [-0.1, -0.05) is 11.8 Å². The van der Waals surface area contributed by atoms with E-state index in [0.29, 0.717) is 5.01 Å². The van der Waals surface area contributed by atoms with Crippen molar-refractivity contribution in [3.05, 3.63) is 58.8 Å². The summed E-state index contributed by atoms with van der Waals surface area (Å²) < 4.78 is 0. The SMILES string of the molecule is CN(C)CCN(C)c1cc(-c2cn[nH]c2)c2cc(C#CC(C)(O)c3nccs3)ccc2n1. The number of rotatable bonds is 6. The molecule has 0 radical (unpaired) electrons. The molecule has 0 spiro atoms. The first kappa shape index (κ1) is 22.0. The van der Waals surface area contributed by atoms with Gasteiger partial charge in [-0.25, -0.2) is 9.97 Å². The summed E-state index contributed by atoms with van der Waals surface area (Å²) in [6.45, 7) is 3.46. The number of fused-ring (bicyclic) bond motifs is 1. The lowest BCUT2D eigenvalue weighted by Gasteiger charge is -2.22. The third kappa shape index (κ3) is 4.81. The first-order valence-corrected chi connectivity index (χ1v) is 11.2. The fourth-order valence-electron chi connectivity index (χ4n) is 3.30. The molecule has 1 unspecified atom stereocenters. The minimum atomic E-state index is -1.30. The van der Waals surface area contributed by atoms with Crippen molar-refractivity contribution in [2.45, 2.75) is 12.5 Å². The van der Waals surface area contributed by atoms with Gasteiger partial charge in [0, 0.05) is 54.4 Å². The highest BCUT2D eigenvalue weighted by atomic mass is 32.1. The lowest BCUT2D eigenvalue weighted by Crippen LogP contribution is -2.29. The van der Waals surface area contributed by atoms with E-state index in [0.717, 1.165) is 46.5 Å². The standard InChI is InChI=1S/C24H26N6OS/c1-24(31,23-25-9-12-32-23)8-7-17-5-6-21-20(13-17)19(18-15-26-27-16-18)14-22(28-21)30(4)11-10-29(2)3/h5-6,9,12-16,31H,10-11H2,1-4H3,(H,26,27). The highest BCUT2D eigenvalue weighted by Gasteiger charge is 2.22. The third-order valence-electron chi connectivity index (χ3n) is 5.18. The molecule has 0 saturated heterocycles. The summed E-state index contributed by atoms with van der Waals surface area (Å²) in [6, 6.07) is 8.01. The van der Waals surface area contributed by atoms with E-state index in [1.807, 2.05) is 36.0 Å². The van der Waals surface area contributed by atoms with Crippen LogP contribution in [0.1, 0.15) is 17.5 Å². The average Bonchev–Trinajstić information content (AvgIpc) is 3.50. The molecule has 1 aromatic carbocycles. The summed E-state index contributed by atoms with van der Waals surface area (Å²) in [5, 5.41) is 21.1. The van der Waals surface area contributed by atoms with Crippen LogP contribution in [0.25, 0.3) is 22.0 Å². The molecular formula is C24H26N6OS. The van der Waals surface area contributed by atoms with E-state index in [1.165, 1.54) is 11.3 Å². The van der Waals surface area contributed by atoms with Crippen LogP contribution in [0.2, 0.25) is 0 Å². The van der Waals surface area contributed by atoms with Crippen LogP contribution < -0.4 is 4.90 Å². The van der Waals surface area contributed by atoms with Crippen LogP contribution in [0, 0.1) is 11.8 Å². The minimum absolute atomic E-state index is 0.581. The van der Waals surface area contributed by atoms with Gasteiger partial charge in [0.1, 0.15) is 10.8 Å². The van der Waals surface area contributed by atoms with Gasteiger partial charge in [-0.3, -0.25) is 5.10 Å². The van der Waals surface area contributed by atoms with Crippen LogP contribution in [0.3, 0.4) is 0 Å². The number of aromatic nitrogens is 4. The Morgan fingerprint density at radius 1 is 1.19 bits per heavy atom. The molecule has 1 atom stereocenters. The lowest BCUT2D eigenvalue weighted by atomic mass is 10.0. The van der Waals surface area contributed by atoms with Gasteiger partial charge in [0.15, 0.2) is 5.60 Å². The lowest BCUT2D eigenvalue weighted by molar-refractivity contribution is 0.122. The van der Waals surface area contributed by atoms with Gasteiger partial charge in [0.2, 0.25) is 0 Å². The maximum Gasteiger partial charge on any atom is 0.174 e. The summed E-state index contributed by atoms with van der Waals surface area (Å²) in [7, 11) is 6.18. The molecule has 0 amide bonds. The van der Waals surface area contributed by atoms with Crippen LogP contribution in [0.15, 0.2) is 48.2 Å². The van der Waals surface area contributed by atoms with Crippen LogP contribution >= 0.6 is 11.3 Å². The van der Waals surface area contributed by atoms with Crippen LogP contribution in [-0.4, -0.2) is 64.4 Å². The molecule has 0 fully saturated rings. The maximum absolute atomic E-state index is 10.7. The van der Waals surface area contributed by atoms with E-state index in [4.69, 9.17) is 4.98 Å². The van der Waals surface area contributed by atoms with E-state index in [2.05, 4.69) is 64.0 Å².